The van der Waals surface area contributed by atoms with Gasteiger partial charge in [0, 0.05) is 34.2 Å². The second-order valence-corrected chi connectivity index (χ2v) is 34.8. The number of carbonyl (C=O) groups is 4. The molecule has 8 aliphatic rings. The lowest BCUT2D eigenvalue weighted by atomic mass is 9.73. The Balaban J connectivity index is 0.000000174. The van der Waals surface area contributed by atoms with Crippen LogP contribution in [-0.2, 0) is 70.5 Å². The first-order chi connectivity index (χ1) is 54.2. The maximum Gasteiger partial charge on any atom is 0.451 e. The monoisotopic (exact) mass is 1630 g/mol. The average molecular weight is 1630 g/mol. The van der Waals surface area contributed by atoms with Crippen molar-refractivity contribution in [1.82, 2.24) is 19.6 Å². The molecular formula is C82H124B4Cl2F2N8O16. The van der Waals surface area contributed by atoms with Crippen LogP contribution in [0.15, 0.2) is 72.8 Å². The molecular weight excluding hydrogens is 1510 g/mol. The second kappa shape index (κ2) is 43.2. The van der Waals surface area contributed by atoms with Crippen LogP contribution in [0.5, 0.6) is 0 Å². The summed E-state index contributed by atoms with van der Waals surface area (Å²) in [4.78, 5) is 57.4. The van der Waals surface area contributed by atoms with Gasteiger partial charge in [0.05, 0.1) is 0 Å². The Labute approximate surface area is 682 Å². The highest BCUT2D eigenvalue weighted by Gasteiger charge is 2.49. The van der Waals surface area contributed by atoms with Crippen molar-refractivity contribution in [2.45, 2.75) is 264 Å². The van der Waals surface area contributed by atoms with Crippen molar-refractivity contribution in [1.29, 1.82) is 0 Å². The molecule has 4 aromatic rings. The number of carboxylic acids is 4. The summed E-state index contributed by atoms with van der Waals surface area (Å²) in [5.74, 6) is -4.44. The van der Waals surface area contributed by atoms with E-state index in [0.29, 0.717) is 134 Å². The van der Waals surface area contributed by atoms with Gasteiger partial charge in [0.2, 0.25) is 0 Å². The predicted octanol–water partition coefficient (Wildman–Crippen LogP) is 7.53. The number of aryl methyl sites for hydroxylation is 2. The van der Waals surface area contributed by atoms with Crippen LogP contribution in [0.1, 0.15) is 186 Å². The van der Waals surface area contributed by atoms with Gasteiger partial charge in [-0.05, 0) is 317 Å². The van der Waals surface area contributed by atoms with Gasteiger partial charge in [-0.2, -0.15) is 0 Å². The molecule has 628 valence electrons. The van der Waals surface area contributed by atoms with E-state index in [1.54, 1.807) is 12.1 Å². The molecule has 24 nitrogen and oxygen atoms in total. The highest BCUT2D eigenvalue weighted by Crippen LogP contribution is 2.41. The van der Waals surface area contributed by atoms with Crippen LogP contribution in [0.25, 0.3) is 0 Å². The number of aliphatic carboxylic acids is 4. The molecule has 114 heavy (non-hydrogen) atoms. The zero-order chi connectivity index (χ0) is 82.7. The second-order valence-electron chi connectivity index (χ2n) is 34.0. The lowest BCUT2D eigenvalue weighted by molar-refractivity contribution is -0.148. The van der Waals surface area contributed by atoms with Crippen molar-refractivity contribution in [3.63, 3.8) is 0 Å². The van der Waals surface area contributed by atoms with Gasteiger partial charge in [-0.25, -0.2) is 8.78 Å². The maximum absolute atomic E-state index is 14.2. The molecule has 4 aliphatic heterocycles. The molecule has 4 aromatic carbocycles. The lowest BCUT2D eigenvalue weighted by Crippen LogP contribution is -2.57. The molecule has 8 unspecified atom stereocenters. The summed E-state index contributed by atoms with van der Waals surface area (Å²) in [6.07, 6.45) is 22.0. The van der Waals surface area contributed by atoms with E-state index in [2.05, 4.69) is 37.8 Å². The fourth-order valence-corrected chi connectivity index (χ4v) is 20.2. The molecule has 4 heterocycles. The number of hydrogen-bond donors (Lipinski definition) is 16. The van der Waals surface area contributed by atoms with Crippen LogP contribution in [0, 0.1) is 35.3 Å². The molecule has 0 radical (unpaired) electrons. The van der Waals surface area contributed by atoms with Gasteiger partial charge in [0.15, 0.2) is 0 Å². The first-order valence-corrected chi connectivity index (χ1v) is 42.5. The summed E-state index contributed by atoms with van der Waals surface area (Å²) in [6.45, 7) is 6.53. The summed E-state index contributed by atoms with van der Waals surface area (Å²) < 4.78 is 28.2. The summed E-state index contributed by atoms with van der Waals surface area (Å²) in [7, 11) is -5.41. The molecule has 4 fully saturated rings. The Bertz CT molecular complexity index is 3650. The van der Waals surface area contributed by atoms with Crippen molar-refractivity contribution in [2.24, 2.45) is 46.6 Å². The maximum atomic E-state index is 14.2. The minimum atomic E-state index is -1.36. The summed E-state index contributed by atoms with van der Waals surface area (Å²) >= 11 is 12.5. The van der Waals surface area contributed by atoms with Crippen LogP contribution in [0.2, 0.25) is 35.3 Å². The molecule has 0 saturated carbocycles. The molecule has 0 spiro atoms. The van der Waals surface area contributed by atoms with E-state index >= 15 is 0 Å². The van der Waals surface area contributed by atoms with Crippen molar-refractivity contribution < 1.29 is 88.6 Å². The number of hydrogen-bond acceptors (Lipinski definition) is 20. The van der Waals surface area contributed by atoms with Crippen LogP contribution in [0.4, 0.5) is 8.78 Å². The number of rotatable bonds is 32. The highest BCUT2D eigenvalue weighted by atomic mass is 35.5. The van der Waals surface area contributed by atoms with Gasteiger partial charge in [0.1, 0.15) is 33.8 Å². The van der Waals surface area contributed by atoms with Gasteiger partial charge in [0.25, 0.3) is 0 Å². The van der Waals surface area contributed by atoms with E-state index in [4.69, 9.17) is 86.3 Å². The molecule has 4 aliphatic carbocycles. The first-order valence-electron chi connectivity index (χ1n) is 41.8. The van der Waals surface area contributed by atoms with E-state index in [0.717, 1.165) is 162 Å². The highest BCUT2D eigenvalue weighted by molar-refractivity contribution is 6.41. The number of nitrogens with two attached hydrogens (primary N) is 4. The van der Waals surface area contributed by atoms with Crippen molar-refractivity contribution in [3.05, 3.63) is 139 Å². The number of unbranched alkanes of at least 4 members (excludes halogenated alkanes) is 4. The average Bonchev–Trinajstić information content (AvgIpc) is 1.76. The fraction of sp³-hybridized carbons (Fsp3) is 0.659. The lowest BCUT2D eigenvalue weighted by Gasteiger charge is -2.44. The Morgan fingerprint density at radius 3 is 1.00 bits per heavy atom. The molecule has 20 N–H and O–H groups in total. The minimum absolute atomic E-state index is 0.0569. The number of benzene rings is 4. The van der Waals surface area contributed by atoms with Gasteiger partial charge >= 0.3 is 52.4 Å². The third-order valence-corrected chi connectivity index (χ3v) is 27.5. The zero-order valence-electron chi connectivity index (χ0n) is 66.2. The Morgan fingerprint density at radius 1 is 0.360 bits per heavy atom. The molecule has 4 saturated heterocycles. The fourth-order valence-electron chi connectivity index (χ4n) is 19.8. The molecule has 0 bridgehead atoms. The van der Waals surface area contributed by atoms with Gasteiger partial charge in [-0.3, -0.25) is 29.0 Å². The van der Waals surface area contributed by atoms with Crippen molar-refractivity contribution >= 4 is 75.6 Å². The molecule has 0 aromatic heterocycles. The minimum Gasteiger partial charge on any atom is -0.480 e. The number of piperidine rings is 4. The van der Waals surface area contributed by atoms with Crippen LogP contribution >= 0.6 is 23.2 Å². The van der Waals surface area contributed by atoms with E-state index in [9.17, 15) is 48.4 Å². The number of nitrogens with zero attached hydrogens (tertiary/aromatic N) is 4. The van der Waals surface area contributed by atoms with E-state index in [1.807, 2.05) is 30.3 Å². The van der Waals surface area contributed by atoms with Crippen molar-refractivity contribution in [2.75, 3.05) is 52.4 Å². The van der Waals surface area contributed by atoms with Gasteiger partial charge in [-0.15, -0.1) is 0 Å². The quantitative estimate of drug-likeness (QED) is 0.0166. The Kier molecular flexibility index (Phi) is 35.1. The van der Waals surface area contributed by atoms with E-state index < -0.39 is 74.5 Å². The number of halogens is 4. The molecule has 0 amide bonds. The van der Waals surface area contributed by atoms with Crippen LogP contribution in [-0.4, -0.2) is 231 Å². The van der Waals surface area contributed by atoms with Crippen molar-refractivity contribution in [3.8, 4) is 0 Å². The Hall–Kier alpha value is -5.18. The smallest absolute Gasteiger partial charge is 0.451 e. The van der Waals surface area contributed by atoms with Crippen LogP contribution in [0.3, 0.4) is 0 Å². The summed E-state index contributed by atoms with van der Waals surface area (Å²) in [5.41, 5.74) is 29.5. The van der Waals surface area contributed by atoms with E-state index in [1.165, 1.54) is 34.4 Å². The largest absolute Gasteiger partial charge is 0.480 e. The zero-order valence-corrected chi connectivity index (χ0v) is 67.7. The number of fused-ring (bicyclic) bond motifs is 4. The molecule has 12 rings (SSSR count). The SMILES string of the molecule is NC(CCCCB(O)O)(C(=O)O)C1CCN(C2CCc3cccc(Cl)c3C2)CC1.NC(CCCCB(O)O)(C(=O)O)C1CCN(C2CCc3cccc(F)c3C2)CC1.NC(CCCCB(O)O)(C(=O)O)C1CCN(C2Cc3ccc(Cl)cc3C2)CC1.NC(CCCCB(O)O)(C(=O)O)C1CCN(C2Cc3cccc(F)c3C2)CC1. The predicted molar refractivity (Wildman–Crippen MR) is 441 cm³/mol. The molecule has 32 heteroatoms. The third kappa shape index (κ3) is 24.8. The number of carboxylic acid groups (broad SMARTS) is 4. The standard InChI is InChI=1S/C21H32BClN2O4.C21H32BFN2O4.C20H30BClN2O4.C20H30BFN2O4/c2*23-19-5-3-4-15-6-7-17(14-18(15)19)25-12-8-16(9-13-25)21(24,20(26)27)10-1-2-11-22(28)29;22-17-4-3-14-12-18(13-15(14)11-17)24-9-5-16(6-10-24)20(23,19(25)26)7-1-2-8-21(27)28;22-18-5-3-4-14-12-16(13-17(14)18)24-10-6-15(7-11-24)20(23,19(25)26)8-1-2-9-21(27)28/h2*3-5,16-17,28-29H,1-2,6-14,24H2,(H,26,27);3-4,11,16,18,27-28H,1-2,5-10,12-13,23H2,(H,25,26);3-5,15-16,27-28H,1-2,6-13,23H2,(H,25,26). The number of likely N-dealkylation sites (tertiary alicyclic amines) is 4. The normalized spacial score (nSPS) is 22.7. The molecule has 8 atom stereocenters. The summed E-state index contributed by atoms with van der Waals surface area (Å²) in [6, 6.07) is 24.3. The third-order valence-electron chi connectivity index (χ3n) is 26.9. The first kappa shape index (κ1) is 92.7. The van der Waals surface area contributed by atoms with E-state index in [-0.39, 0.29) is 66.6 Å². The van der Waals surface area contributed by atoms with Gasteiger partial charge < -0.3 is 93.4 Å². The van der Waals surface area contributed by atoms with Crippen LogP contribution < -0.4 is 22.9 Å². The summed E-state index contributed by atoms with van der Waals surface area (Å²) in [5, 5.41) is 112. The van der Waals surface area contributed by atoms with Gasteiger partial charge in [-0.1, -0.05) is 117 Å². The Morgan fingerprint density at radius 2 is 0.649 bits per heavy atom. The topological polar surface area (TPSA) is 428 Å².